The van der Waals surface area contributed by atoms with Crippen molar-refractivity contribution in [1.29, 1.82) is 5.26 Å². The molecule has 1 aliphatic rings. The fraction of sp³-hybridized carbons (Fsp3) is 0.250. The van der Waals surface area contributed by atoms with Crippen molar-refractivity contribution in [2.45, 2.75) is 26.6 Å². The predicted molar refractivity (Wildman–Crippen MR) is 77.5 cm³/mol. The van der Waals surface area contributed by atoms with Gasteiger partial charge in [0.05, 0.1) is 5.56 Å². The third-order valence-electron chi connectivity index (χ3n) is 3.72. The number of nitrogens with two attached hydrogens (primary N) is 1. The number of anilines is 1. The van der Waals surface area contributed by atoms with Crippen LogP contribution in [-0.4, -0.2) is 9.88 Å². The molecule has 0 aliphatic carbocycles. The minimum atomic E-state index is 0.337. The van der Waals surface area contributed by atoms with Crippen LogP contribution in [0.15, 0.2) is 30.5 Å². The SMILES string of the molecule is Cc1ccc(CN2Cc3cnc(N)c(C#N)c3C2)cc1. The van der Waals surface area contributed by atoms with Gasteiger partial charge in [0.2, 0.25) is 0 Å². The standard InChI is InChI=1S/C16H16N4/c1-11-2-4-12(5-3-11)8-20-9-13-7-19-16(18)14(6-17)15(13)10-20/h2-5,7H,8-10H2,1H3,(H2,18,19). The van der Waals surface area contributed by atoms with Gasteiger partial charge in [0, 0.05) is 25.8 Å². The van der Waals surface area contributed by atoms with Crippen LogP contribution in [0.4, 0.5) is 5.82 Å². The molecule has 0 amide bonds. The fourth-order valence-electron chi connectivity index (χ4n) is 2.63. The van der Waals surface area contributed by atoms with E-state index in [0.29, 0.717) is 11.4 Å². The largest absolute Gasteiger partial charge is 0.383 e. The lowest BCUT2D eigenvalue weighted by atomic mass is 10.1. The average molecular weight is 264 g/mol. The lowest BCUT2D eigenvalue weighted by Gasteiger charge is -2.14. The molecule has 4 heteroatoms. The van der Waals surface area contributed by atoms with Crippen molar-refractivity contribution < 1.29 is 0 Å². The Morgan fingerprint density at radius 1 is 1.30 bits per heavy atom. The normalized spacial score (nSPS) is 14.0. The summed E-state index contributed by atoms with van der Waals surface area (Å²) in [4.78, 5) is 6.41. The summed E-state index contributed by atoms with van der Waals surface area (Å²) in [7, 11) is 0. The molecule has 2 aromatic rings. The topological polar surface area (TPSA) is 65.9 Å². The lowest BCUT2D eigenvalue weighted by Crippen LogP contribution is -2.15. The number of nitrogens with zero attached hydrogens (tertiary/aromatic N) is 3. The van der Waals surface area contributed by atoms with Crippen molar-refractivity contribution in [3.8, 4) is 6.07 Å². The molecule has 1 aliphatic heterocycles. The van der Waals surface area contributed by atoms with Crippen LogP contribution in [0, 0.1) is 18.3 Å². The summed E-state index contributed by atoms with van der Waals surface area (Å²) >= 11 is 0. The highest BCUT2D eigenvalue weighted by Gasteiger charge is 2.23. The highest BCUT2D eigenvalue weighted by Crippen LogP contribution is 2.28. The summed E-state index contributed by atoms with van der Waals surface area (Å²) in [5.41, 5.74) is 11.0. The van der Waals surface area contributed by atoms with E-state index >= 15 is 0 Å². The number of hydrogen-bond donors (Lipinski definition) is 1. The maximum absolute atomic E-state index is 9.20. The predicted octanol–water partition coefficient (Wildman–Crippen LogP) is 2.36. The number of hydrogen-bond acceptors (Lipinski definition) is 4. The van der Waals surface area contributed by atoms with Crippen LogP contribution in [0.25, 0.3) is 0 Å². The first-order valence-corrected chi connectivity index (χ1v) is 6.61. The molecule has 0 unspecified atom stereocenters. The van der Waals surface area contributed by atoms with Gasteiger partial charge in [0.15, 0.2) is 0 Å². The van der Waals surface area contributed by atoms with Crippen LogP contribution in [-0.2, 0) is 19.6 Å². The van der Waals surface area contributed by atoms with Crippen LogP contribution < -0.4 is 5.73 Å². The van der Waals surface area contributed by atoms with Gasteiger partial charge in [-0.2, -0.15) is 5.26 Å². The number of nitriles is 1. The Morgan fingerprint density at radius 2 is 2.05 bits per heavy atom. The second-order valence-electron chi connectivity index (χ2n) is 5.26. The summed E-state index contributed by atoms with van der Waals surface area (Å²) in [6.45, 7) is 4.55. The molecule has 0 saturated heterocycles. The third-order valence-corrected chi connectivity index (χ3v) is 3.72. The number of rotatable bonds is 2. The molecule has 20 heavy (non-hydrogen) atoms. The van der Waals surface area contributed by atoms with E-state index in [1.54, 1.807) is 6.20 Å². The van der Waals surface area contributed by atoms with Crippen molar-refractivity contribution >= 4 is 5.82 Å². The van der Waals surface area contributed by atoms with Gasteiger partial charge < -0.3 is 5.73 Å². The maximum Gasteiger partial charge on any atom is 0.141 e. The van der Waals surface area contributed by atoms with Gasteiger partial charge in [-0.15, -0.1) is 0 Å². The zero-order chi connectivity index (χ0) is 14.1. The summed E-state index contributed by atoms with van der Waals surface area (Å²) in [5.74, 6) is 0.337. The fourth-order valence-corrected chi connectivity index (χ4v) is 2.63. The van der Waals surface area contributed by atoms with E-state index in [1.807, 2.05) is 0 Å². The first-order chi connectivity index (χ1) is 9.67. The van der Waals surface area contributed by atoms with Crippen LogP contribution in [0.2, 0.25) is 0 Å². The summed E-state index contributed by atoms with van der Waals surface area (Å²) < 4.78 is 0. The van der Waals surface area contributed by atoms with Crippen molar-refractivity contribution in [2.75, 3.05) is 5.73 Å². The van der Waals surface area contributed by atoms with Crippen LogP contribution in [0.1, 0.15) is 27.8 Å². The summed E-state index contributed by atoms with van der Waals surface area (Å²) in [6, 6.07) is 10.7. The maximum atomic E-state index is 9.20. The molecule has 0 saturated carbocycles. The summed E-state index contributed by atoms with van der Waals surface area (Å²) in [5, 5.41) is 9.20. The number of pyridine rings is 1. The molecule has 4 nitrogen and oxygen atoms in total. The summed E-state index contributed by atoms with van der Waals surface area (Å²) in [6.07, 6.45) is 1.79. The zero-order valence-electron chi connectivity index (χ0n) is 11.4. The number of fused-ring (bicyclic) bond motifs is 1. The average Bonchev–Trinajstić information content (AvgIpc) is 2.84. The Labute approximate surface area is 118 Å². The second-order valence-corrected chi connectivity index (χ2v) is 5.26. The van der Waals surface area contributed by atoms with Gasteiger partial charge in [-0.3, -0.25) is 4.90 Å². The molecule has 1 aromatic heterocycles. The van der Waals surface area contributed by atoms with Gasteiger partial charge in [0.1, 0.15) is 11.9 Å². The Bertz CT molecular complexity index is 683. The van der Waals surface area contributed by atoms with Crippen molar-refractivity contribution in [3.05, 3.63) is 58.3 Å². The number of nitrogen functional groups attached to an aromatic ring is 1. The molecule has 2 N–H and O–H groups in total. The first kappa shape index (κ1) is 12.6. The Balaban J connectivity index is 1.81. The molecule has 3 rings (SSSR count). The third kappa shape index (κ3) is 2.24. The zero-order valence-corrected chi connectivity index (χ0v) is 11.4. The van der Waals surface area contributed by atoms with Crippen molar-refractivity contribution in [3.63, 3.8) is 0 Å². The van der Waals surface area contributed by atoms with Crippen LogP contribution >= 0.6 is 0 Å². The highest BCUT2D eigenvalue weighted by molar-refractivity contribution is 5.56. The van der Waals surface area contributed by atoms with Gasteiger partial charge in [-0.25, -0.2) is 4.98 Å². The van der Waals surface area contributed by atoms with Gasteiger partial charge in [0.25, 0.3) is 0 Å². The smallest absolute Gasteiger partial charge is 0.141 e. The van der Waals surface area contributed by atoms with Crippen LogP contribution in [0.3, 0.4) is 0 Å². The molecular formula is C16H16N4. The highest BCUT2D eigenvalue weighted by atomic mass is 15.1. The van der Waals surface area contributed by atoms with E-state index in [2.05, 4.69) is 47.1 Å². The number of aryl methyl sites for hydroxylation is 1. The van der Waals surface area contributed by atoms with Crippen molar-refractivity contribution in [1.82, 2.24) is 9.88 Å². The van der Waals surface area contributed by atoms with Gasteiger partial charge >= 0.3 is 0 Å². The first-order valence-electron chi connectivity index (χ1n) is 6.61. The Morgan fingerprint density at radius 3 is 2.75 bits per heavy atom. The van der Waals surface area contributed by atoms with E-state index < -0.39 is 0 Å². The quantitative estimate of drug-likeness (QED) is 0.904. The Kier molecular flexibility index (Phi) is 3.13. The number of benzene rings is 1. The van der Waals surface area contributed by atoms with E-state index in [4.69, 9.17) is 5.73 Å². The van der Waals surface area contributed by atoms with Crippen LogP contribution in [0.5, 0.6) is 0 Å². The van der Waals surface area contributed by atoms with Crippen molar-refractivity contribution in [2.24, 2.45) is 0 Å². The molecule has 1 aromatic carbocycles. The second kappa shape index (κ2) is 4.95. The minimum Gasteiger partial charge on any atom is -0.383 e. The molecule has 0 fully saturated rings. The Hall–Kier alpha value is -2.38. The molecule has 0 spiro atoms. The van der Waals surface area contributed by atoms with E-state index in [0.717, 1.165) is 30.8 Å². The van der Waals surface area contributed by atoms with E-state index in [1.165, 1.54) is 11.1 Å². The number of aromatic nitrogens is 1. The molecule has 0 radical (unpaired) electrons. The monoisotopic (exact) mass is 264 g/mol. The molecule has 2 heterocycles. The van der Waals surface area contributed by atoms with Gasteiger partial charge in [-0.05, 0) is 23.6 Å². The molecule has 100 valence electrons. The minimum absolute atomic E-state index is 0.337. The molecule has 0 bridgehead atoms. The van der Waals surface area contributed by atoms with Gasteiger partial charge in [-0.1, -0.05) is 29.8 Å². The van der Waals surface area contributed by atoms with E-state index in [-0.39, 0.29) is 0 Å². The lowest BCUT2D eigenvalue weighted by molar-refractivity contribution is 0.275. The molecule has 0 atom stereocenters. The molecular weight excluding hydrogens is 248 g/mol. The van der Waals surface area contributed by atoms with E-state index in [9.17, 15) is 5.26 Å².